The Morgan fingerprint density at radius 2 is 1.57 bits per heavy atom. The number of hydrogen-bond donors (Lipinski definition) is 0. The summed E-state index contributed by atoms with van der Waals surface area (Å²) in [6, 6.07) is 11.5. The van der Waals surface area contributed by atoms with Gasteiger partial charge in [0.05, 0.1) is 10.5 Å². The van der Waals surface area contributed by atoms with Crippen LogP contribution >= 0.6 is 0 Å². The van der Waals surface area contributed by atoms with Gasteiger partial charge in [-0.05, 0) is 36.8 Å². The molecular formula is C21H21F3N2O3S. The van der Waals surface area contributed by atoms with E-state index in [2.05, 4.69) is 0 Å². The van der Waals surface area contributed by atoms with Crippen LogP contribution in [0.3, 0.4) is 0 Å². The number of sulfonamides is 1. The molecular weight excluding hydrogens is 417 g/mol. The Hall–Kier alpha value is -2.65. The van der Waals surface area contributed by atoms with Crippen LogP contribution in [0, 0.1) is 6.92 Å². The molecule has 1 heterocycles. The van der Waals surface area contributed by atoms with Crippen molar-refractivity contribution in [1.82, 2.24) is 9.21 Å². The predicted molar refractivity (Wildman–Crippen MR) is 107 cm³/mol. The van der Waals surface area contributed by atoms with Gasteiger partial charge in [-0.15, -0.1) is 0 Å². The van der Waals surface area contributed by atoms with Crippen molar-refractivity contribution in [3.63, 3.8) is 0 Å². The molecule has 30 heavy (non-hydrogen) atoms. The van der Waals surface area contributed by atoms with Gasteiger partial charge < -0.3 is 4.90 Å². The van der Waals surface area contributed by atoms with Crippen LogP contribution in [0.1, 0.15) is 16.7 Å². The summed E-state index contributed by atoms with van der Waals surface area (Å²) in [6.45, 7) is 2.43. The fourth-order valence-corrected chi connectivity index (χ4v) is 4.60. The molecule has 0 radical (unpaired) electrons. The maximum Gasteiger partial charge on any atom is 0.416 e. The van der Waals surface area contributed by atoms with Gasteiger partial charge in [-0.1, -0.05) is 35.9 Å². The summed E-state index contributed by atoms with van der Waals surface area (Å²) in [7, 11) is -3.65. The first-order valence-electron chi connectivity index (χ1n) is 9.29. The first kappa shape index (κ1) is 22.0. The van der Waals surface area contributed by atoms with Gasteiger partial charge in [0.2, 0.25) is 15.9 Å². The van der Waals surface area contributed by atoms with E-state index in [4.69, 9.17) is 0 Å². The molecule has 1 amide bonds. The van der Waals surface area contributed by atoms with Gasteiger partial charge in [-0.3, -0.25) is 4.79 Å². The number of hydrogen-bond acceptors (Lipinski definition) is 3. The van der Waals surface area contributed by atoms with Crippen LogP contribution in [0.2, 0.25) is 0 Å². The highest BCUT2D eigenvalue weighted by molar-refractivity contribution is 7.89. The highest BCUT2D eigenvalue weighted by Crippen LogP contribution is 2.32. The maximum absolute atomic E-state index is 13.1. The van der Waals surface area contributed by atoms with Gasteiger partial charge in [-0.25, -0.2) is 8.42 Å². The summed E-state index contributed by atoms with van der Waals surface area (Å²) in [5.41, 5.74) is 0.0326. The fourth-order valence-electron chi connectivity index (χ4n) is 3.18. The van der Waals surface area contributed by atoms with Crippen molar-refractivity contribution in [3.8, 4) is 0 Å². The third kappa shape index (κ3) is 4.91. The number of benzene rings is 2. The summed E-state index contributed by atoms with van der Waals surface area (Å²) in [5, 5.41) is 0. The number of nitrogens with zero attached hydrogens (tertiary/aromatic N) is 2. The number of carbonyl (C=O) groups excluding carboxylic acids is 1. The number of amides is 1. The van der Waals surface area contributed by atoms with E-state index in [1.807, 2.05) is 6.92 Å². The summed E-state index contributed by atoms with van der Waals surface area (Å²) in [6.07, 6.45) is -2.28. The molecule has 1 fully saturated rings. The zero-order valence-corrected chi connectivity index (χ0v) is 17.1. The van der Waals surface area contributed by atoms with Crippen molar-refractivity contribution in [2.75, 3.05) is 26.2 Å². The minimum atomic E-state index is -4.51. The topological polar surface area (TPSA) is 57.7 Å². The largest absolute Gasteiger partial charge is 0.416 e. The SMILES string of the molecule is Cc1ccc(S(=O)(=O)N2CCN(C(=O)/C=C/c3ccccc3C(F)(F)F)CC2)cc1. The Balaban J connectivity index is 1.65. The monoisotopic (exact) mass is 438 g/mol. The van der Waals surface area contributed by atoms with E-state index in [9.17, 15) is 26.4 Å². The van der Waals surface area contributed by atoms with Gasteiger partial charge in [0.25, 0.3) is 0 Å². The van der Waals surface area contributed by atoms with Gasteiger partial charge in [0.15, 0.2) is 0 Å². The molecule has 1 aliphatic rings. The molecule has 0 unspecified atom stereocenters. The molecule has 160 valence electrons. The van der Waals surface area contributed by atoms with Crippen molar-refractivity contribution < 1.29 is 26.4 Å². The lowest BCUT2D eigenvalue weighted by atomic mass is 10.1. The van der Waals surface area contributed by atoms with Crippen molar-refractivity contribution in [2.45, 2.75) is 18.0 Å². The number of alkyl halides is 3. The van der Waals surface area contributed by atoms with Gasteiger partial charge in [-0.2, -0.15) is 17.5 Å². The minimum Gasteiger partial charge on any atom is -0.337 e. The van der Waals surface area contributed by atoms with E-state index in [1.54, 1.807) is 24.3 Å². The molecule has 0 atom stereocenters. The van der Waals surface area contributed by atoms with Crippen molar-refractivity contribution in [2.24, 2.45) is 0 Å². The average Bonchev–Trinajstić information content (AvgIpc) is 2.72. The second-order valence-electron chi connectivity index (χ2n) is 6.96. The molecule has 2 aromatic carbocycles. The molecule has 0 spiro atoms. The van der Waals surface area contributed by atoms with Crippen LogP contribution in [0.4, 0.5) is 13.2 Å². The molecule has 9 heteroatoms. The van der Waals surface area contributed by atoms with Gasteiger partial charge >= 0.3 is 6.18 Å². The highest BCUT2D eigenvalue weighted by Gasteiger charge is 2.32. The molecule has 1 aliphatic heterocycles. The smallest absolute Gasteiger partial charge is 0.337 e. The predicted octanol–water partition coefficient (Wildman–Crippen LogP) is 3.56. The van der Waals surface area contributed by atoms with Gasteiger partial charge in [0, 0.05) is 32.3 Å². The zero-order valence-electron chi connectivity index (χ0n) is 16.3. The van der Waals surface area contributed by atoms with Crippen LogP contribution in [-0.2, 0) is 21.0 Å². The first-order valence-corrected chi connectivity index (χ1v) is 10.7. The Morgan fingerprint density at radius 3 is 2.17 bits per heavy atom. The van der Waals surface area contributed by atoms with E-state index in [1.165, 1.54) is 27.4 Å². The lowest BCUT2D eigenvalue weighted by Crippen LogP contribution is -2.50. The van der Waals surface area contributed by atoms with Crippen molar-refractivity contribution >= 4 is 22.0 Å². The standard InChI is InChI=1S/C21H21F3N2O3S/c1-16-6-9-18(10-7-16)30(28,29)26-14-12-25(13-15-26)20(27)11-8-17-4-2-3-5-19(17)21(22,23)24/h2-11H,12-15H2,1H3/b11-8+. The number of rotatable bonds is 4. The van der Waals surface area contributed by atoms with Crippen LogP contribution < -0.4 is 0 Å². The summed E-state index contributed by atoms with van der Waals surface area (Å²) < 4.78 is 65.9. The molecule has 1 saturated heterocycles. The molecule has 0 saturated carbocycles. The summed E-state index contributed by atoms with van der Waals surface area (Å²) in [5.74, 6) is -0.459. The van der Waals surface area contributed by atoms with E-state index in [0.717, 1.165) is 23.8 Å². The van der Waals surface area contributed by atoms with Crippen molar-refractivity contribution in [3.05, 3.63) is 71.3 Å². The molecule has 3 rings (SSSR count). The Kier molecular flexibility index (Phi) is 6.33. The third-order valence-electron chi connectivity index (χ3n) is 4.88. The molecule has 0 N–H and O–H groups in total. The van der Waals surface area contributed by atoms with Crippen LogP contribution in [0.15, 0.2) is 59.5 Å². The fraction of sp³-hybridized carbons (Fsp3) is 0.286. The quantitative estimate of drug-likeness (QED) is 0.686. The van der Waals surface area contributed by atoms with Gasteiger partial charge in [0.1, 0.15) is 0 Å². The normalized spacial score (nSPS) is 16.2. The van der Waals surface area contributed by atoms with E-state index in [-0.39, 0.29) is 36.6 Å². The second kappa shape index (κ2) is 8.61. The number of aryl methyl sites for hydroxylation is 1. The Bertz CT molecular complexity index is 1040. The summed E-state index contributed by atoms with van der Waals surface area (Å²) >= 11 is 0. The summed E-state index contributed by atoms with van der Waals surface area (Å²) in [4.78, 5) is 14.0. The second-order valence-corrected chi connectivity index (χ2v) is 8.90. The van der Waals surface area contributed by atoms with Crippen molar-refractivity contribution in [1.29, 1.82) is 0 Å². The number of piperazine rings is 1. The van der Waals surface area contributed by atoms with E-state index < -0.39 is 27.7 Å². The first-order chi connectivity index (χ1) is 14.1. The maximum atomic E-state index is 13.1. The van der Waals surface area contributed by atoms with Crippen LogP contribution in [-0.4, -0.2) is 49.7 Å². The number of carbonyl (C=O) groups is 1. The van der Waals surface area contributed by atoms with Crippen LogP contribution in [0.25, 0.3) is 6.08 Å². The average molecular weight is 438 g/mol. The molecule has 0 bridgehead atoms. The zero-order chi connectivity index (χ0) is 21.9. The Morgan fingerprint density at radius 1 is 0.967 bits per heavy atom. The molecule has 0 aliphatic carbocycles. The Labute approximate surface area is 173 Å². The van der Waals surface area contributed by atoms with E-state index in [0.29, 0.717) is 0 Å². The van der Waals surface area contributed by atoms with E-state index >= 15 is 0 Å². The molecule has 5 nitrogen and oxygen atoms in total. The number of halogens is 3. The lowest BCUT2D eigenvalue weighted by Gasteiger charge is -2.33. The van der Waals surface area contributed by atoms with Crippen LogP contribution in [0.5, 0.6) is 0 Å². The highest BCUT2D eigenvalue weighted by atomic mass is 32.2. The molecule has 0 aromatic heterocycles. The minimum absolute atomic E-state index is 0.0982. The molecule has 2 aromatic rings. The third-order valence-corrected chi connectivity index (χ3v) is 6.79. The lowest BCUT2D eigenvalue weighted by molar-refractivity contribution is -0.137.